The quantitative estimate of drug-likeness (QED) is 0.293. The number of esters is 1. The van der Waals surface area contributed by atoms with Crippen LogP contribution in [0.15, 0.2) is 60.0 Å². The van der Waals surface area contributed by atoms with Crippen LogP contribution in [-0.2, 0) is 17.8 Å². The first-order chi connectivity index (χ1) is 15.1. The van der Waals surface area contributed by atoms with Crippen LogP contribution in [0.2, 0.25) is 10.0 Å². The topological polar surface area (TPSA) is 39.2 Å². The van der Waals surface area contributed by atoms with Crippen molar-refractivity contribution < 1.29 is 9.53 Å². The Kier molecular flexibility index (Phi) is 5.53. The van der Waals surface area contributed by atoms with Crippen LogP contribution in [0.3, 0.4) is 0 Å². The van der Waals surface area contributed by atoms with Crippen LogP contribution in [0.25, 0.3) is 22.6 Å². The van der Waals surface area contributed by atoms with Gasteiger partial charge in [0.05, 0.1) is 16.8 Å². The normalized spacial score (nSPS) is 14.2. The van der Waals surface area contributed by atoms with E-state index in [0.29, 0.717) is 21.2 Å². The molecule has 0 N–H and O–H groups in total. The molecule has 0 amide bonds. The van der Waals surface area contributed by atoms with E-state index in [0.717, 1.165) is 40.6 Å². The van der Waals surface area contributed by atoms with Gasteiger partial charge in [-0.25, -0.2) is 9.78 Å². The Balaban J connectivity index is 1.56. The van der Waals surface area contributed by atoms with Crippen LogP contribution in [0.1, 0.15) is 38.5 Å². The summed E-state index contributed by atoms with van der Waals surface area (Å²) in [5, 5.41) is 3.81. The Morgan fingerprint density at radius 2 is 1.84 bits per heavy atom. The Hall–Kier alpha value is -2.66. The number of fused-ring (bicyclic) bond motifs is 2. The lowest BCUT2D eigenvalue weighted by Gasteiger charge is -2.13. The first kappa shape index (κ1) is 20.3. The second-order valence-electron chi connectivity index (χ2n) is 7.29. The third-order valence-electron chi connectivity index (χ3n) is 5.41. The maximum absolute atomic E-state index is 13.3. The van der Waals surface area contributed by atoms with E-state index in [-0.39, 0.29) is 12.6 Å². The molecule has 0 spiro atoms. The summed E-state index contributed by atoms with van der Waals surface area (Å²) in [5.74, 6) is -0.386. The number of thiophene rings is 1. The van der Waals surface area contributed by atoms with Gasteiger partial charge in [0.1, 0.15) is 6.61 Å². The van der Waals surface area contributed by atoms with Gasteiger partial charge in [0.15, 0.2) is 0 Å². The molecule has 31 heavy (non-hydrogen) atoms. The molecule has 0 saturated heterocycles. The number of hydrogen-bond donors (Lipinski definition) is 0. The van der Waals surface area contributed by atoms with Crippen molar-refractivity contribution in [2.45, 2.75) is 19.4 Å². The van der Waals surface area contributed by atoms with E-state index in [1.165, 1.54) is 4.88 Å². The molecule has 0 bridgehead atoms. The third-order valence-corrected chi connectivity index (χ3v) is 6.94. The standard InChI is InChI=1S/C25H17Cl2NO2S/c26-20-7-3-8-21(27)19(20)14-30-25(29)23-17-6-1-2-9-22(17)28-24-15(10-11-18(23)24)13-16-5-4-12-31-16/h1-9,12-13H,10-11,14H2. The number of benzene rings is 2. The molecule has 6 heteroatoms. The Morgan fingerprint density at radius 1 is 1.03 bits per heavy atom. The van der Waals surface area contributed by atoms with E-state index in [9.17, 15) is 4.79 Å². The number of rotatable bonds is 4. The SMILES string of the molecule is O=C(OCc1c(Cl)cccc1Cl)c1c2c(nc3ccccc13)C(=Cc1cccs1)CC2. The van der Waals surface area contributed by atoms with Crippen molar-refractivity contribution in [1.29, 1.82) is 0 Å². The summed E-state index contributed by atoms with van der Waals surface area (Å²) in [6.07, 6.45) is 3.76. The summed E-state index contributed by atoms with van der Waals surface area (Å²) in [5.41, 5.74) is 4.94. The predicted molar refractivity (Wildman–Crippen MR) is 128 cm³/mol. The molecule has 1 aliphatic rings. The minimum atomic E-state index is -0.386. The van der Waals surface area contributed by atoms with Crippen molar-refractivity contribution in [3.8, 4) is 0 Å². The largest absolute Gasteiger partial charge is 0.457 e. The van der Waals surface area contributed by atoms with Crippen LogP contribution in [-0.4, -0.2) is 11.0 Å². The molecular formula is C25H17Cl2NO2S. The monoisotopic (exact) mass is 465 g/mol. The molecule has 1 aliphatic carbocycles. The molecule has 0 saturated carbocycles. The van der Waals surface area contributed by atoms with E-state index in [2.05, 4.69) is 17.5 Å². The molecule has 2 heterocycles. The Morgan fingerprint density at radius 3 is 2.61 bits per heavy atom. The van der Waals surface area contributed by atoms with Crippen molar-refractivity contribution in [1.82, 2.24) is 4.98 Å². The van der Waals surface area contributed by atoms with Crippen molar-refractivity contribution in [2.24, 2.45) is 0 Å². The average Bonchev–Trinajstić information content (AvgIpc) is 3.42. The first-order valence-corrected chi connectivity index (χ1v) is 11.5. The second kappa shape index (κ2) is 8.46. The van der Waals surface area contributed by atoms with Gasteiger partial charge in [0.2, 0.25) is 0 Å². The molecule has 4 aromatic rings. The highest BCUT2D eigenvalue weighted by Gasteiger charge is 2.28. The van der Waals surface area contributed by atoms with Gasteiger partial charge in [0, 0.05) is 25.9 Å². The summed E-state index contributed by atoms with van der Waals surface area (Å²) in [6, 6.07) is 17.0. The van der Waals surface area contributed by atoms with Crippen molar-refractivity contribution in [2.75, 3.05) is 0 Å². The fourth-order valence-corrected chi connectivity index (χ4v) is 5.13. The Labute approximate surface area is 193 Å². The molecule has 2 aromatic heterocycles. The maximum Gasteiger partial charge on any atom is 0.339 e. The fraction of sp³-hybridized carbons (Fsp3) is 0.120. The van der Waals surface area contributed by atoms with E-state index < -0.39 is 0 Å². The average molecular weight is 466 g/mol. The van der Waals surface area contributed by atoms with E-state index in [4.69, 9.17) is 32.9 Å². The van der Waals surface area contributed by atoms with Crippen molar-refractivity contribution >= 4 is 63.1 Å². The van der Waals surface area contributed by atoms with Crippen LogP contribution >= 0.6 is 34.5 Å². The van der Waals surface area contributed by atoms with Gasteiger partial charge in [-0.2, -0.15) is 0 Å². The third kappa shape index (κ3) is 3.87. The zero-order valence-electron chi connectivity index (χ0n) is 16.4. The number of ether oxygens (including phenoxy) is 1. The van der Waals surface area contributed by atoms with Gasteiger partial charge in [0.25, 0.3) is 0 Å². The zero-order chi connectivity index (χ0) is 21.4. The van der Waals surface area contributed by atoms with Gasteiger partial charge >= 0.3 is 5.97 Å². The number of nitrogens with zero attached hydrogens (tertiary/aromatic N) is 1. The lowest BCUT2D eigenvalue weighted by atomic mass is 10.0. The minimum absolute atomic E-state index is 0.0145. The predicted octanol–water partition coefficient (Wildman–Crippen LogP) is 7.45. The molecule has 5 rings (SSSR count). The van der Waals surface area contributed by atoms with E-state index >= 15 is 0 Å². The lowest BCUT2D eigenvalue weighted by Crippen LogP contribution is -2.11. The zero-order valence-corrected chi connectivity index (χ0v) is 18.7. The first-order valence-electron chi connectivity index (χ1n) is 9.88. The highest BCUT2D eigenvalue weighted by molar-refractivity contribution is 7.10. The number of allylic oxidation sites excluding steroid dienone is 1. The van der Waals surface area contributed by atoms with Crippen LogP contribution in [0.5, 0.6) is 0 Å². The molecule has 2 aromatic carbocycles. The van der Waals surface area contributed by atoms with E-state index in [1.54, 1.807) is 29.5 Å². The molecule has 0 atom stereocenters. The molecular weight excluding hydrogens is 449 g/mol. The molecule has 0 unspecified atom stereocenters. The summed E-state index contributed by atoms with van der Waals surface area (Å²) >= 11 is 14.2. The van der Waals surface area contributed by atoms with Gasteiger partial charge in [-0.05, 0) is 59.7 Å². The lowest BCUT2D eigenvalue weighted by molar-refractivity contribution is 0.0474. The minimum Gasteiger partial charge on any atom is -0.457 e. The maximum atomic E-state index is 13.3. The number of aromatic nitrogens is 1. The highest BCUT2D eigenvalue weighted by atomic mass is 35.5. The van der Waals surface area contributed by atoms with Gasteiger partial charge in [-0.1, -0.05) is 53.5 Å². The van der Waals surface area contributed by atoms with Gasteiger partial charge in [-0.3, -0.25) is 0 Å². The molecule has 154 valence electrons. The molecule has 3 nitrogen and oxygen atoms in total. The fourth-order valence-electron chi connectivity index (χ4n) is 3.94. The number of pyridine rings is 1. The van der Waals surface area contributed by atoms with Crippen LogP contribution in [0, 0.1) is 0 Å². The summed E-state index contributed by atoms with van der Waals surface area (Å²) in [4.78, 5) is 19.4. The van der Waals surface area contributed by atoms with Crippen LogP contribution < -0.4 is 0 Å². The molecule has 0 fully saturated rings. The molecule has 0 radical (unpaired) electrons. The van der Waals surface area contributed by atoms with Gasteiger partial charge in [-0.15, -0.1) is 11.3 Å². The number of halogens is 2. The van der Waals surface area contributed by atoms with E-state index in [1.807, 2.05) is 30.3 Å². The van der Waals surface area contributed by atoms with Crippen LogP contribution in [0.4, 0.5) is 0 Å². The number of para-hydroxylation sites is 1. The number of carbonyl (C=O) groups is 1. The number of carbonyl (C=O) groups excluding carboxylic acids is 1. The second-order valence-corrected chi connectivity index (χ2v) is 9.09. The highest BCUT2D eigenvalue weighted by Crippen LogP contribution is 2.38. The Bertz CT molecular complexity index is 1310. The smallest absolute Gasteiger partial charge is 0.339 e. The summed E-state index contributed by atoms with van der Waals surface area (Å²) < 4.78 is 5.70. The van der Waals surface area contributed by atoms with Gasteiger partial charge < -0.3 is 4.74 Å². The van der Waals surface area contributed by atoms with Crippen molar-refractivity contribution in [3.05, 3.63) is 97.3 Å². The number of hydrogen-bond acceptors (Lipinski definition) is 4. The summed E-state index contributed by atoms with van der Waals surface area (Å²) in [6.45, 7) is 0.0145. The molecule has 0 aliphatic heterocycles. The van der Waals surface area contributed by atoms with Crippen molar-refractivity contribution in [3.63, 3.8) is 0 Å². The summed E-state index contributed by atoms with van der Waals surface area (Å²) in [7, 11) is 0.